The molecule has 1 unspecified atom stereocenters. The lowest BCUT2D eigenvalue weighted by atomic mass is 9.66. The van der Waals surface area contributed by atoms with Crippen molar-refractivity contribution in [2.45, 2.75) is 25.2 Å². The zero-order valence-electron chi connectivity index (χ0n) is 13.7. The third kappa shape index (κ3) is 2.26. The first kappa shape index (κ1) is 15.1. The molecule has 0 saturated carbocycles. The van der Waals surface area contributed by atoms with E-state index in [1.54, 1.807) is 0 Å². The normalized spacial score (nSPS) is 18.7. The van der Waals surface area contributed by atoms with Crippen LogP contribution in [0.4, 0.5) is 5.69 Å². The Hall–Kier alpha value is -2.78. The summed E-state index contributed by atoms with van der Waals surface area (Å²) >= 11 is 0. The van der Waals surface area contributed by atoms with Gasteiger partial charge in [-0.15, -0.1) is 0 Å². The van der Waals surface area contributed by atoms with Gasteiger partial charge in [0.1, 0.15) is 0 Å². The zero-order chi connectivity index (χ0) is 16.6. The Labute approximate surface area is 137 Å². The fourth-order valence-electron chi connectivity index (χ4n) is 3.44. The molecule has 114 valence electrons. The van der Waals surface area contributed by atoms with Crippen molar-refractivity contribution in [2.75, 3.05) is 18.5 Å². The van der Waals surface area contributed by atoms with Gasteiger partial charge in [0.25, 0.3) is 0 Å². The summed E-state index contributed by atoms with van der Waals surface area (Å²) in [7, 11) is 2.03. The molecule has 0 aliphatic carbocycles. The van der Waals surface area contributed by atoms with Gasteiger partial charge in [-0.3, -0.25) is 0 Å². The lowest BCUT2D eigenvalue weighted by Gasteiger charge is -2.41. The molecule has 1 aliphatic rings. The van der Waals surface area contributed by atoms with Crippen molar-refractivity contribution >= 4 is 5.69 Å². The van der Waals surface area contributed by atoms with E-state index in [-0.39, 0.29) is 5.92 Å². The van der Waals surface area contributed by atoms with Gasteiger partial charge in [0.05, 0.1) is 12.1 Å². The molecule has 23 heavy (non-hydrogen) atoms. The monoisotopic (exact) mass is 301 g/mol. The smallest absolute Gasteiger partial charge is 0.179 e. The summed E-state index contributed by atoms with van der Waals surface area (Å²) in [6, 6.07) is 18.8. The number of hydrogen-bond acceptors (Lipinski definition) is 3. The predicted octanol–water partition coefficient (Wildman–Crippen LogP) is 3.82. The summed E-state index contributed by atoms with van der Waals surface area (Å²) in [6.07, 6.45) is 0. The SMILES string of the molecule is Cc1ccc(C2CN(C)c3cc(C)ccc3C2(C#N)C#N)cc1. The number of aryl methyl sites for hydroxylation is 2. The molecule has 0 aromatic heterocycles. The van der Waals surface area contributed by atoms with Crippen molar-refractivity contribution in [3.8, 4) is 12.1 Å². The van der Waals surface area contributed by atoms with Gasteiger partial charge >= 0.3 is 0 Å². The molecule has 0 N–H and O–H groups in total. The molecule has 0 amide bonds. The second-order valence-corrected chi connectivity index (χ2v) is 6.40. The summed E-state index contributed by atoms with van der Waals surface area (Å²) in [5, 5.41) is 19.9. The first-order valence-corrected chi connectivity index (χ1v) is 7.73. The number of anilines is 1. The Balaban J connectivity index is 2.23. The van der Waals surface area contributed by atoms with Crippen molar-refractivity contribution in [3.63, 3.8) is 0 Å². The Morgan fingerprint density at radius 2 is 1.61 bits per heavy atom. The number of nitrogens with zero attached hydrogens (tertiary/aromatic N) is 3. The molecule has 0 fully saturated rings. The molecular formula is C20H19N3. The first-order valence-electron chi connectivity index (χ1n) is 7.73. The van der Waals surface area contributed by atoms with Crippen LogP contribution in [0.25, 0.3) is 0 Å². The van der Waals surface area contributed by atoms with E-state index in [1.165, 1.54) is 5.56 Å². The van der Waals surface area contributed by atoms with Crippen LogP contribution in [0.5, 0.6) is 0 Å². The maximum atomic E-state index is 9.94. The van der Waals surface area contributed by atoms with Crippen LogP contribution >= 0.6 is 0 Å². The second-order valence-electron chi connectivity index (χ2n) is 6.40. The molecule has 1 atom stereocenters. The highest BCUT2D eigenvalue weighted by Gasteiger charge is 2.48. The summed E-state index contributed by atoms with van der Waals surface area (Å²) < 4.78 is 0. The molecule has 1 heterocycles. The molecule has 0 spiro atoms. The van der Waals surface area contributed by atoms with Gasteiger partial charge in [0, 0.05) is 30.8 Å². The highest BCUT2D eigenvalue weighted by molar-refractivity contribution is 5.67. The van der Waals surface area contributed by atoms with Crippen LogP contribution < -0.4 is 4.90 Å². The average Bonchev–Trinajstić information content (AvgIpc) is 2.56. The summed E-state index contributed by atoms with van der Waals surface area (Å²) in [5.41, 5.74) is 3.99. The van der Waals surface area contributed by atoms with Gasteiger partial charge in [-0.05, 0) is 31.0 Å². The highest BCUT2D eigenvalue weighted by atomic mass is 15.1. The molecule has 3 nitrogen and oxygen atoms in total. The van der Waals surface area contributed by atoms with E-state index in [2.05, 4.69) is 23.1 Å². The Morgan fingerprint density at radius 3 is 2.22 bits per heavy atom. The summed E-state index contributed by atoms with van der Waals surface area (Å²) in [5.74, 6) is -0.168. The minimum atomic E-state index is -1.15. The van der Waals surface area contributed by atoms with Gasteiger partial charge < -0.3 is 4.90 Å². The molecule has 0 radical (unpaired) electrons. The van der Waals surface area contributed by atoms with E-state index in [1.807, 2.05) is 57.3 Å². The van der Waals surface area contributed by atoms with Crippen molar-refractivity contribution in [1.82, 2.24) is 0 Å². The van der Waals surface area contributed by atoms with Crippen molar-refractivity contribution < 1.29 is 0 Å². The third-order valence-electron chi connectivity index (χ3n) is 4.80. The second kappa shape index (κ2) is 5.45. The van der Waals surface area contributed by atoms with Crippen LogP contribution in [-0.2, 0) is 5.41 Å². The lowest BCUT2D eigenvalue weighted by Crippen LogP contribution is -2.44. The van der Waals surface area contributed by atoms with Crippen LogP contribution in [0.1, 0.15) is 28.2 Å². The molecule has 0 bridgehead atoms. The van der Waals surface area contributed by atoms with Crippen LogP contribution in [0, 0.1) is 36.5 Å². The van der Waals surface area contributed by atoms with Gasteiger partial charge in [0.2, 0.25) is 0 Å². The van der Waals surface area contributed by atoms with Gasteiger partial charge in [-0.2, -0.15) is 10.5 Å². The maximum absolute atomic E-state index is 9.94. The lowest BCUT2D eigenvalue weighted by molar-refractivity contribution is 0.505. The standard InChI is InChI=1S/C20H19N3/c1-14-4-7-16(8-5-14)18-11-23(3)19-10-15(2)6-9-17(19)20(18,12-21)13-22/h4-10,18H,11H2,1-3H3. The number of likely N-dealkylation sites (N-methyl/N-ethyl adjacent to an activating group) is 1. The first-order chi connectivity index (χ1) is 11.0. The largest absolute Gasteiger partial charge is 0.374 e. The fourth-order valence-corrected chi connectivity index (χ4v) is 3.44. The van der Waals surface area contributed by atoms with Crippen LogP contribution in [0.3, 0.4) is 0 Å². The minimum Gasteiger partial charge on any atom is -0.374 e. The topological polar surface area (TPSA) is 50.8 Å². The van der Waals surface area contributed by atoms with E-state index in [4.69, 9.17) is 0 Å². The molecular weight excluding hydrogens is 282 g/mol. The van der Waals surface area contributed by atoms with Gasteiger partial charge in [-0.1, -0.05) is 42.0 Å². The minimum absolute atomic E-state index is 0.168. The van der Waals surface area contributed by atoms with Crippen molar-refractivity contribution in [3.05, 3.63) is 64.7 Å². The number of hydrogen-bond donors (Lipinski definition) is 0. The van der Waals surface area contributed by atoms with E-state index in [9.17, 15) is 10.5 Å². The van der Waals surface area contributed by atoms with Gasteiger partial charge in [-0.25, -0.2) is 0 Å². The highest BCUT2D eigenvalue weighted by Crippen LogP contribution is 2.47. The molecule has 3 rings (SSSR count). The number of rotatable bonds is 1. The third-order valence-corrected chi connectivity index (χ3v) is 4.80. The zero-order valence-corrected chi connectivity index (χ0v) is 13.7. The van der Waals surface area contributed by atoms with Gasteiger partial charge in [0.15, 0.2) is 5.41 Å². The van der Waals surface area contributed by atoms with Crippen LogP contribution in [0.2, 0.25) is 0 Å². The van der Waals surface area contributed by atoms with Crippen LogP contribution in [0.15, 0.2) is 42.5 Å². The molecule has 2 aromatic rings. The summed E-state index contributed by atoms with van der Waals surface area (Å²) in [4.78, 5) is 2.15. The van der Waals surface area contributed by atoms with E-state index in [0.717, 1.165) is 22.4 Å². The maximum Gasteiger partial charge on any atom is 0.179 e. The number of nitriles is 2. The molecule has 0 saturated heterocycles. The van der Waals surface area contributed by atoms with E-state index >= 15 is 0 Å². The van der Waals surface area contributed by atoms with E-state index < -0.39 is 5.41 Å². The number of fused-ring (bicyclic) bond motifs is 1. The average molecular weight is 301 g/mol. The quantitative estimate of drug-likeness (QED) is 0.804. The van der Waals surface area contributed by atoms with E-state index in [0.29, 0.717) is 6.54 Å². The predicted molar refractivity (Wildman–Crippen MR) is 91.3 cm³/mol. The van der Waals surface area contributed by atoms with Crippen molar-refractivity contribution in [1.29, 1.82) is 10.5 Å². The Kier molecular flexibility index (Phi) is 3.58. The van der Waals surface area contributed by atoms with Crippen LogP contribution in [-0.4, -0.2) is 13.6 Å². The Morgan fingerprint density at radius 1 is 1.00 bits per heavy atom. The Bertz CT molecular complexity index is 807. The molecule has 1 aliphatic heterocycles. The molecule has 3 heteroatoms. The fraction of sp³-hybridized carbons (Fsp3) is 0.300. The molecule has 2 aromatic carbocycles. The number of benzene rings is 2. The summed E-state index contributed by atoms with van der Waals surface area (Å²) in [6.45, 7) is 4.72. The van der Waals surface area contributed by atoms with Crippen molar-refractivity contribution in [2.24, 2.45) is 0 Å².